The van der Waals surface area contributed by atoms with Gasteiger partial charge >= 0.3 is 0 Å². The molecular weight excluding hydrogens is 176 g/mol. The van der Waals surface area contributed by atoms with Crippen molar-refractivity contribution in [2.24, 2.45) is 0 Å². The Hall–Kier alpha value is -1.02. The molecule has 0 aliphatic carbocycles. The molecule has 0 unspecified atom stereocenters. The minimum absolute atomic E-state index is 0.246. The van der Waals surface area contributed by atoms with Crippen molar-refractivity contribution < 1.29 is 9.84 Å². The smallest absolute Gasteiger partial charge is 0.122 e. The number of hydrogen-bond donors (Lipinski definition) is 1. The second kappa shape index (κ2) is 5.66. The maximum absolute atomic E-state index is 9.19. The van der Waals surface area contributed by atoms with Gasteiger partial charge in [0.05, 0.1) is 12.7 Å². The van der Waals surface area contributed by atoms with E-state index >= 15 is 0 Å². The predicted molar refractivity (Wildman–Crippen MR) is 57.6 cm³/mol. The van der Waals surface area contributed by atoms with Crippen LogP contribution in [0.1, 0.15) is 25.8 Å². The van der Waals surface area contributed by atoms with Crippen LogP contribution < -0.4 is 4.74 Å². The number of benzene rings is 1. The number of aryl methyl sites for hydroxylation is 1. The highest BCUT2D eigenvalue weighted by atomic mass is 16.5. The topological polar surface area (TPSA) is 29.5 Å². The molecule has 0 saturated carbocycles. The Labute approximate surface area is 85.5 Å². The highest BCUT2D eigenvalue weighted by molar-refractivity contribution is 5.33. The molecule has 0 bridgehead atoms. The number of aliphatic hydroxyl groups excluding tert-OH is 1. The van der Waals surface area contributed by atoms with Crippen molar-refractivity contribution in [1.29, 1.82) is 0 Å². The van der Waals surface area contributed by atoms with Gasteiger partial charge in [0.1, 0.15) is 5.75 Å². The van der Waals surface area contributed by atoms with Gasteiger partial charge in [-0.25, -0.2) is 0 Å². The molecule has 0 aromatic heterocycles. The quantitative estimate of drug-likeness (QED) is 0.780. The van der Waals surface area contributed by atoms with Crippen LogP contribution in [0.3, 0.4) is 0 Å². The van der Waals surface area contributed by atoms with Gasteiger partial charge in [-0.2, -0.15) is 0 Å². The number of aliphatic hydroxyl groups is 1. The molecule has 0 aliphatic rings. The third kappa shape index (κ3) is 3.38. The summed E-state index contributed by atoms with van der Waals surface area (Å²) in [4.78, 5) is 0. The van der Waals surface area contributed by atoms with Crippen LogP contribution in [0, 0.1) is 0 Å². The Kier molecular flexibility index (Phi) is 4.47. The van der Waals surface area contributed by atoms with Gasteiger partial charge in [0.25, 0.3) is 0 Å². The summed E-state index contributed by atoms with van der Waals surface area (Å²) < 4.78 is 5.49. The maximum Gasteiger partial charge on any atom is 0.122 e. The standard InChI is InChI=1S/C12H18O2/c1-3-14-12-7-5-4-6-11(12)9-8-10(2)13/h4-7,10,13H,3,8-9H2,1-2H3/t10-/m1/s1. The van der Waals surface area contributed by atoms with Crippen LogP contribution in [0.4, 0.5) is 0 Å². The first-order valence-corrected chi connectivity index (χ1v) is 5.12. The summed E-state index contributed by atoms with van der Waals surface area (Å²) in [6.45, 7) is 4.47. The van der Waals surface area contributed by atoms with E-state index in [-0.39, 0.29) is 6.10 Å². The molecule has 1 aromatic rings. The van der Waals surface area contributed by atoms with Gasteiger partial charge in [0.2, 0.25) is 0 Å². The Bertz CT molecular complexity index is 269. The highest BCUT2D eigenvalue weighted by Gasteiger charge is 2.03. The lowest BCUT2D eigenvalue weighted by Gasteiger charge is -2.10. The molecule has 1 aromatic carbocycles. The molecule has 1 N–H and O–H groups in total. The Morgan fingerprint density at radius 1 is 1.36 bits per heavy atom. The first-order chi connectivity index (χ1) is 6.74. The molecule has 1 rings (SSSR count). The summed E-state index contributed by atoms with van der Waals surface area (Å²) in [5, 5.41) is 9.19. The summed E-state index contributed by atoms with van der Waals surface area (Å²) in [6, 6.07) is 7.99. The molecule has 78 valence electrons. The summed E-state index contributed by atoms with van der Waals surface area (Å²) in [6.07, 6.45) is 1.41. The maximum atomic E-state index is 9.19. The molecule has 2 heteroatoms. The summed E-state index contributed by atoms with van der Waals surface area (Å²) in [5.41, 5.74) is 1.18. The third-order valence-electron chi connectivity index (χ3n) is 2.10. The minimum Gasteiger partial charge on any atom is -0.494 e. The minimum atomic E-state index is -0.246. The molecule has 14 heavy (non-hydrogen) atoms. The van der Waals surface area contributed by atoms with E-state index in [1.54, 1.807) is 0 Å². The van der Waals surface area contributed by atoms with Crippen molar-refractivity contribution in [3.63, 3.8) is 0 Å². The summed E-state index contributed by atoms with van der Waals surface area (Å²) >= 11 is 0. The second-order valence-corrected chi connectivity index (χ2v) is 3.43. The fourth-order valence-corrected chi connectivity index (χ4v) is 1.37. The van der Waals surface area contributed by atoms with Crippen molar-refractivity contribution >= 4 is 0 Å². The molecule has 0 heterocycles. The van der Waals surface area contributed by atoms with E-state index in [1.807, 2.05) is 38.1 Å². The molecule has 0 fully saturated rings. The SMILES string of the molecule is CCOc1ccccc1CC[C@@H](C)O. The van der Waals surface area contributed by atoms with Gasteiger partial charge in [-0.1, -0.05) is 18.2 Å². The van der Waals surface area contributed by atoms with E-state index in [9.17, 15) is 5.11 Å². The van der Waals surface area contributed by atoms with Gasteiger partial charge in [-0.3, -0.25) is 0 Å². The van der Waals surface area contributed by atoms with Crippen LogP contribution in [0.25, 0.3) is 0 Å². The summed E-state index contributed by atoms with van der Waals surface area (Å²) in [5.74, 6) is 0.940. The second-order valence-electron chi connectivity index (χ2n) is 3.43. The van der Waals surface area contributed by atoms with Crippen molar-refractivity contribution in [1.82, 2.24) is 0 Å². The van der Waals surface area contributed by atoms with Crippen molar-refractivity contribution in [3.05, 3.63) is 29.8 Å². The first kappa shape index (κ1) is 11.1. The van der Waals surface area contributed by atoms with E-state index in [0.29, 0.717) is 6.61 Å². The summed E-state index contributed by atoms with van der Waals surface area (Å²) in [7, 11) is 0. The van der Waals surface area contributed by atoms with Crippen LogP contribution in [-0.2, 0) is 6.42 Å². The Morgan fingerprint density at radius 2 is 2.07 bits per heavy atom. The molecule has 0 radical (unpaired) electrons. The van der Waals surface area contributed by atoms with E-state index in [4.69, 9.17) is 4.74 Å². The lowest BCUT2D eigenvalue weighted by atomic mass is 10.1. The zero-order valence-electron chi connectivity index (χ0n) is 8.86. The Morgan fingerprint density at radius 3 is 2.71 bits per heavy atom. The molecular formula is C12H18O2. The van der Waals surface area contributed by atoms with Crippen LogP contribution >= 0.6 is 0 Å². The monoisotopic (exact) mass is 194 g/mol. The Balaban J connectivity index is 2.64. The van der Waals surface area contributed by atoms with E-state index < -0.39 is 0 Å². The molecule has 0 saturated heterocycles. The molecule has 1 atom stereocenters. The lowest BCUT2D eigenvalue weighted by molar-refractivity contribution is 0.184. The predicted octanol–water partition coefficient (Wildman–Crippen LogP) is 2.40. The van der Waals surface area contributed by atoms with Crippen molar-refractivity contribution in [2.45, 2.75) is 32.8 Å². The fourth-order valence-electron chi connectivity index (χ4n) is 1.37. The molecule has 0 spiro atoms. The number of ether oxygens (including phenoxy) is 1. The largest absolute Gasteiger partial charge is 0.494 e. The number of para-hydroxylation sites is 1. The highest BCUT2D eigenvalue weighted by Crippen LogP contribution is 2.19. The number of hydrogen-bond acceptors (Lipinski definition) is 2. The average molecular weight is 194 g/mol. The van der Waals surface area contributed by atoms with Crippen molar-refractivity contribution in [3.8, 4) is 5.75 Å². The van der Waals surface area contributed by atoms with Crippen LogP contribution in [0.15, 0.2) is 24.3 Å². The van der Waals surface area contributed by atoms with Gasteiger partial charge in [-0.15, -0.1) is 0 Å². The van der Waals surface area contributed by atoms with Crippen LogP contribution in [0.2, 0.25) is 0 Å². The van der Waals surface area contributed by atoms with Crippen LogP contribution in [0.5, 0.6) is 5.75 Å². The molecule has 0 amide bonds. The van der Waals surface area contributed by atoms with E-state index in [2.05, 4.69) is 0 Å². The van der Waals surface area contributed by atoms with Crippen molar-refractivity contribution in [2.75, 3.05) is 6.61 Å². The lowest BCUT2D eigenvalue weighted by Crippen LogP contribution is -2.03. The van der Waals surface area contributed by atoms with Gasteiger partial charge in [0, 0.05) is 0 Å². The number of rotatable bonds is 5. The fraction of sp³-hybridized carbons (Fsp3) is 0.500. The van der Waals surface area contributed by atoms with Gasteiger partial charge in [-0.05, 0) is 38.3 Å². The zero-order chi connectivity index (χ0) is 10.4. The van der Waals surface area contributed by atoms with Gasteiger partial charge in [0.15, 0.2) is 0 Å². The average Bonchev–Trinajstić information content (AvgIpc) is 2.17. The van der Waals surface area contributed by atoms with E-state index in [0.717, 1.165) is 18.6 Å². The molecule has 0 aliphatic heterocycles. The van der Waals surface area contributed by atoms with Crippen LogP contribution in [-0.4, -0.2) is 17.8 Å². The third-order valence-corrected chi connectivity index (χ3v) is 2.10. The molecule has 2 nitrogen and oxygen atoms in total. The van der Waals surface area contributed by atoms with Gasteiger partial charge < -0.3 is 9.84 Å². The zero-order valence-corrected chi connectivity index (χ0v) is 8.86. The normalized spacial score (nSPS) is 12.5. The first-order valence-electron chi connectivity index (χ1n) is 5.12. The van der Waals surface area contributed by atoms with E-state index in [1.165, 1.54) is 5.56 Å².